The number of H-pyrrole nitrogens is 1. The van der Waals surface area contributed by atoms with Gasteiger partial charge in [-0.15, -0.1) is 0 Å². The number of hydrogen-bond acceptors (Lipinski definition) is 6. The lowest BCUT2D eigenvalue weighted by Crippen LogP contribution is -2.36. The molecule has 2 N–H and O–H groups in total. The summed E-state index contributed by atoms with van der Waals surface area (Å²) >= 11 is 0. The Morgan fingerprint density at radius 1 is 1.00 bits per heavy atom. The number of fused-ring (bicyclic) bond motifs is 3. The molecule has 1 aliphatic heterocycles. The van der Waals surface area contributed by atoms with Crippen molar-refractivity contribution in [2.75, 3.05) is 32.0 Å². The molecule has 11 heteroatoms. The quantitative estimate of drug-likeness (QED) is 0.258. The second-order valence-electron chi connectivity index (χ2n) is 10.7. The minimum absolute atomic E-state index is 0.0874. The first kappa shape index (κ1) is 28.9. The topological polar surface area (TPSA) is 125 Å². The molecule has 2 amide bonds. The molecule has 0 radical (unpaired) electrons. The SMILES string of the molecule is CN(C)C(=O)CNC(=O)c1ccc(-c2cnc3[nH]c4ccc(N(C)S(=O)(=O)C5CC=CO5)cc4c3c2-c2ccccc2)cc1. The average Bonchev–Trinajstić information content (AvgIpc) is 3.72. The average molecular weight is 610 g/mol. The highest BCUT2D eigenvalue weighted by Gasteiger charge is 2.32. The van der Waals surface area contributed by atoms with E-state index in [-0.39, 0.29) is 18.4 Å². The van der Waals surface area contributed by atoms with E-state index in [9.17, 15) is 18.0 Å². The van der Waals surface area contributed by atoms with E-state index in [1.807, 2.05) is 54.6 Å². The number of rotatable bonds is 8. The molecule has 44 heavy (non-hydrogen) atoms. The molecule has 0 aliphatic carbocycles. The van der Waals surface area contributed by atoms with Crippen LogP contribution in [-0.4, -0.2) is 68.2 Å². The predicted octanol–water partition coefficient (Wildman–Crippen LogP) is 4.89. The lowest BCUT2D eigenvalue weighted by molar-refractivity contribution is -0.127. The predicted molar refractivity (Wildman–Crippen MR) is 171 cm³/mol. The molecule has 10 nitrogen and oxygen atoms in total. The summed E-state index contributed by atoms with van der Waals surface area (Å²) in [7, 11) is 1.04. The van der Waals surface area contributed by atoms with Crippen LogP contribution in [0.3, 0.4) is 0 Å². The van der Waals surface area contributed by atoms with Crippen molar-refractivity contribution in [1.29, 1.82) is 0 Å². The van der Waals surface area contributed by atoms with E-state index in [2.05, 4.69) is 10.3 Å². The molecule has 0 bridgehead atoms. The highest BCUT2D eigenvalue weighted by Crippen LogP contribution is 2.41. The van der Waals surface area contributed by atoms with E-state index < -0.39 is 15.5 Å². The Labute approximate surface area is 255 Å². The number of pyridine rings is 1. The Balaban J connectivity index is 1.44. The number of benzene rings is 3. The van der Waals surface area contributed by atoms with Crippen LogP contribution in [0.1, 0.15) is 16.8 Å². The number of ether oxygens (including phenoxy) is 1. The van der Waals surface area contributed by atoms with Gasteiger partial charge in [-0.3, -0.25) is 13.9 Å². The van der Waals surface area contributed by atoms with Crippen molar-refractivity contribution in [3.8, 4) is 22.3 Å². The van der Waals surface area contributed by atoms with Gasteiger partial charge in [0.15, 0.2) is 0 Å². The van der Waals surface area contributed by atoms with Crippen LogP contribution in [-0.2, 0) is 19.6 Å². The number of aromatic nitrogens is 2. The van der Waals surface area contributed by atoms with Crippen LogP contribution in [0, 0.1) is 0 Å². The van der Waals surface area contributed by atoms with Crippen LogP contribution in [0.4, 0.5) is 5.69 Å². The van der Waals surface area contributed by atoms with E-state index >= 15 is 0 Å². The molecule has 0 saturated heterocycles. The normalized spacial score (nSPS) is 14.5. The summed E-state index contributed by atoms with van der Waals surface area (Å²) in [6.07, 6.45) is 5.21. The van der Waals surface area contributed by atoms with Crippen LogP contribution >= 0.6 is 0 Å². The van der Waals surface area contributed by atoms with Gasteiger partial charge in [0.1, 0.15) is 5.65 Å². The van der Waals surface area contributed by atoms with Crippen molar-refractivity contribution in [3.63, 3.8) is 0 Å². The number of nitrogens with one attached hydrogen (secondary N) is 2. The van der Waals surface area contributed by atoms with Crippen LogP contribution in [0.15, 0.2) is 91.3 Å². The van der Waals surface area contributed by atoms with Gasteiger partial charge in [-0.2, -0.15) is 0 Å². The maximum atomic E-state index is 13.3. The van der Waals surface area contributed by atoms with Crippen LogP contribution < -0.4 is 9.62 Å². The van der Waals surface area contributed by atoms with E-state index in [0.717, 1.165) is 38.5 Å². The number of aromatic amines is 1. The monoisotopic (exact) mass is 609 g/mol. The largest absolute Gasteiger partial charge is 0.480 e. The summed E-state index contributed by atoms with van der Waals surface area (Å²) in [5.74, 6) is -0.540. The summed E-state index contributed by atoms with van der Waals surface area (Å²) in [4.78, 5) is 34.1. The Kier molecular flexibility index (Phi) is 7.56. The third-order valence-electron chi connectivity index (χ3n) is 7.76. The molecule has 1 unspecified atom stereocenters. The van der Waals surface area contributed by atoms with Crippen LogP contribution in [0.2, 0.25) is 0 Å². The smallest absolute Gasteiger partial charge is 0.273 e. The summed E-state index contributed by atoms with van der Waals surface area (Å²) in [6.45, 7) is -0.0874. The number of sulfonamides is 1. The molecule has 2 aromatic heterocycles. The zero-order valence-electron chi connectivity index (χ0n) is 24.4. The van der Waals surface area contributed by atoms with Gasteiger partial charge in [0.05, 0.1) is 18.5 Å². The molecule has 0 saturated carbocycles. The number of anilines is 1. The summed E-state index contributed by atoms with van der Waals surface area (Å²) < 4.78 is 33.1. The number of amides is 2. The first-order valence-corrected chi connectivity index (χ1v) is 15.5. The molecule has 0 fully saturated rings. The Bertz CT molecular complexity index is 2010. The fourth-order valence-corrected chi connectivity index (χ4v) is 6.58. The number of carbonyl (C=O) groups is 2. The van der Waals surface area contributed by atoms with E-state index in [4.69, 9.17) is 9.72 Å². The third-order valence-corrected chi connectivity index (χ3v) is 9.70. The third kappa shape index (κ3) is 5.26. The lowest BCUT2D eigenvalue weighted by atomic mass is 9.92. The van der Waals surface area contributed by atoms with Crippen LogP contribution in [0.25, 0.3) is 44.2 Å². The Morgan fingerprint density at radius 3 is 2.43 bits per heavy atom. The van der Waals surface area contributed by atoms with Crippen LogP contribution in [0.5, 0.6) is 0 Å². The number of nitrogens with zero attached hydrogens (tertiary/aromatic N) is 3. The van der Waals surface area contributed by atoms with Gasteiger partial charge in [-0.1, -0.05) is 42.5 Å². The van der Waals surface area contributed by atoms with E-state index in [0.29, 0.717) is 23.3 Å². The highest BCUT2D eigenvalue weighted by atomic mass is 32.2. The first-order chi connectivity index (χ1) is 21.1. The first-order valence-electron chi connectivity index (χ1n) is 14.0. The van der Waals surface area contributed by atoms with Crippen molar-refractivity contribution in [2.45, 2.75) is 11.9 Å². The number of carbonyl (C=O) groups excluding carboxylic acids is 2. The van der Waals surface area contributed by atoms with Gasteiger partial charge in [0.25, 0.3) is 15.9 Å². The fraction of sp³-hybridized carbons (Fsp3) is 0.182. The molecular weight excluding hydrogens is 578 g/mol. The molecule has 0 spiro atoms. The molecule has 3 heterocycles. The van der Waals surface area contributed by atoms with Gasteiger partial charge in [0, 0.05) is 66.7 Å². The minimum Gasteiger partial charge on any atom is -0.480 e. The van der Waals surface area contributed by atoms with Gasteiger partial charge >= 0.3 is 0 Å². The zero-order valence-corrected chi connectivity index (χ0v) is 25.3. The Morgan fingerprint density at radius 2 is 1.75 bits per heavy atom. The molecule has 224 valence electrons. The van der Waals surface area contributed by atoms with Gasteiger partial charge in [0.2, 0.25) is 11.3 Å². The van der Waals surface area contributed by atoms with Crippen molar-refractivity contribution < 1.29 is 22.7 Å². The standard InChI is InChI=1S/C33H31N5O5S/c1-37(2)28(39)20-35-33(40)23-13-11-21(12-14-23)26-19-34-32-31(30(26)22-8-5-4-6-9-22)25-18-24(15-16-27(25)36-32)38(3)44(41,42)29-10-7-17-43-29/h4-9,11-19,29H,10,20H2,1-3H3,(H,34,36)(H,35,40). The summed E-state index contributed by atoms with van der Waals surface area (Å²) in [5, 5.41) is 4.32. The molecule has 1 aliphatic rings. The minimum atomic E-state index is -3.77. The fourth-order valence-electron chi connectivity index (χ4n) is 5.26. The maximum Gasteiger partial charge on any atom is 0.273 e. The van der Waals surface area contributed by atoms with Gasteiger partial charge in [-0.25, -0.2) is 13.4 Å². The molecule has 5 aromatic rings. The van der Waals surface area contributed by atoms with E-state index in [1.165, 1.54) is 22.5 Å². The van der Waals surface area contributed by atoms with Crippen molar-refractivity contribution >= 4 is 49.5 Å². The molecular formula is C33H31N5O5S. The van der Waals surface area contributed by atoms with Crippen molar-refractivity contribution in [2.24, 2.45) is 0 Å². The highest BCUT2D eigenvalue weighted by molar-refractivity contribution is 7.93. The zero-order chi connectivity index (χ0) is 31.0. The second-order valence-corrected chi connectivity index (χ2v) is 12.8. The molecule has 3 aromatic carbocycles. The van der Waals surface area contributed by atoms with Crippen molar-refractivity contribution in [1.82, 2.24) is 20.2 Å². The van der Waals surface area contributed by atoms with E-state index in [1.54, 1.807) is 44.6 Å². The summed E-state index contributed by atoms with van der Waals surface area (Å²) in [6, 6.07) is 22.5. The summed E-state index contributed by atoms with van der Waals surface area (Å²) in [5.41, 5.74) is 5.01. The van der Waals surface area contributed by atoms with Gasteiger partial charge < -0.3 is 19.9 Å². The maximum absolute atomic E-state index is 13.3. The van der Waals surface area contributed by atoms with Crippen molar-refractivity contribution in [3.05, 3.63) is 96.9 Å². The lowest BCUT2D eigenvalue weighted by Gasteiger charge is -2.23. The molecule has 6 rings (SSSR count). The molecule has 1 atom stereocenters. The Hall–Kier alpha value is -5.16. The number of likely N-dealkylation sites (N-methyl/N-ethyl adjacent to an activating group) is 1. The van der Waals surface area contributed by atoms with Gasteiger partial charge in [-0.05, 0) is 47.5 Å². The number of hydrogen-bond donors (Lipinski definition) is 2. The second kappa shape index (κ2) is 11.5.